The molecule has 2 rings (SSSR count). The smallest absolute Gasteiger partial charge is 0.317 e. The third kappa shape index (κ3) is 13.5. The van der Waals surface area contributed by atoms with Crippen molar-refractivity contribution in [1.82, 2.24) is 5.32 Å². The molecule has 9 heteroatoms. The zero-order chi connectivity index (χ0) is 24.3. The number of hydrogen-bond donors (Lipinski definition) is 2. The van der Waals surface area contributed by atoms with Gasteiger partial charge in [-0.2, -0.15) is 0 Å². The van der Waals surface area contributed by atoms with E-state index in [1.54, 1.807) is 0 Å². The fourth-order valence-corrected chi connectivity index (χ4v) is 2.79. The van der Waals surface area contributed by atoms with E-state index >= 15 is 0 Å². The number of esters is 1. The Morgan fingerprint density at radius 3 is 2.12 bits per heavy atom. The highest BCUT2D eigenvalue weighted by molar-refractivity contribution is 5.69. The van der Waals surface area contributed by atoms with Crippen LogP contribution < -0.4 is 10.1 Å². The molecule has 0 spiro atoms. The van der Waals surface area contributed by atoms with Gasteiger partial charge in [0.05, 0.1) is 52.6 Å². The molecule has 0 amide bonds. The third-order valence-electron chi connectivity index (χ3n) is 4.44. The fourth-order valence-electron chi connectivity index (χ4n) is 2.79. The number of carboxylic acid groups (broad SMARTS) is 1. The summed E-state index contributed by atoms with van der Waals surface area (Å²) in [6.07, 6.45) is 0.206. The van der Waals surface area contributed by atoms with Crippen LogP contribution in [0.1, 0.15) is 17.5 Å². The Morgan fingerprint density at radius 1 is 0.765 bits per heavy atom. The largest absolute Gasteiger partial charge is 0.491 e. The fraction of sp³-hybridized carbons (Fsp3) is 0.440. The van der Waals surface area contributed by atoms with Gasteiger partial charge in [0.25, 0.3) is 0 Å². The number of benzene rings is 2. The zero-order valence-corrected chi connectivity index (χ0v) is 19.3. The molecule has 0 fully saturated rings. The van der Waals surface area contributed by atoms with Gasteiger partial charge in [0.1, 0.15) is 19.0 Å². The Morgan fingerprint density at radius 2 is 1.41 bits per heavy atom. The van der Waals surface area contributed by atoms with Crippen molar-refractivity contribution in [3.63, 3.8) is 0 Å². The van der Waals surface area contributed by atoms with E-state index in [0.717, 1.165) is 11.1 Å². The number of aliphatic carboxylic acids is 1. The zero-order valence-electron chi connectivity index (χ0n) is 19.3. The second kappa shape index (κ2) is 17.5. The number of hydrogen-bond acceptors (Lipinski definition) is 8. The van der Waals surface area contributed by atoms with Crippen LogP contribution in [0.4, 0.5) is 0 Å². The molecule has 2 aromatic carbocycles. The summed E-state index contributed by atoms with van der Waals surface area (Å²) >= 11 is 0. The van der Waals surface area contributed by atoms with Crippen LogP contribution in [0, 0.1) is 0 Å². The van der Waals surface area contributed by atoms with Crippen LogP contribution in [0.3, 0.4) is 0 Å². The molecule has 0 radical (unpaired) electrons. The average molecular weight is 476 g/mol. The van der Waals surface area contributed by atoms with Crippen molar-refractivity contribution in [3.8, 4) is 5.75 Å². The molecule has 34 heavy (non-hydrogen) atoms. The molecular weight excluding hydrogens is 442 g/mol. The Hall–Kier alpha value is -2.98. The molecule has 0 aliphatic heterocycles. The summed E-state index contributed by atoms with van der Waals surface area (Å²) < 4.78 is 27.1. The molecule has 0 unspecified atom stereocenters. The lowest BCUT2D eigenvalue weighted by Crippen LogP contribution is -2.21. The Bertz CT molecular complexity index is 831. The van der Waals surface area contributed by atoms with Crippen LogP contribution in [-0.4, -0.2) is 69.8 Å². The number of carbonyl (C=O) groups is 2. The Labute approximate surface area is 199 Å². The summed E-state index contributed by atoms with van der Waals surface area (Å²) in [5.41, 5.74) is 1.90. The Balaban J connectivity index is 1.37. The molecule has 2 N–H and O–H groups in total. The first kappa shape index (κ1) is 27.3. The maximum absolute atomic E-state index is 11.7. The van der Waals surface area contributed by atoms with Gasteiger partial charge in [-0.05, 0) is 23.3 Å². The maximum Gasteiger partial charge on any atom is 0.317 e. The van der Waals surface area contributed by atoms with E-state index in [9.17, 15) is 9.59 Å². The summed E-state index contributed by atoms with van der Waals surface area (Å²) in [6, 6.07) is 17.0. The Kier molecular flexibility index (Phi) is 14.0. The molecule has 0 aliphatic rings. The van der Waals surface area contributed by atoms with Gasteiger partial charge in [0, 0.05) is 6.54 Å². The van der Waals surface area contributed by atoms with Crippen LogP contribution >= 0.6 is 0 Å². The monoisotopic (exact) mass is 475 g/mol. The first-order chi connectivity index (χ1) is 16.6. The topological polar surface area (TPSA) is 113 Å². The minimum atomic E-state index is -0.891. The summed E-state index contributed by atoms with van der Waals surface area (Å²) in [7, 11) is 0. The molecule has 0 aromatic heterocycles. The predicted octanol–water partition coefficient (Wildman–Crippen LogP) is 2.42. The molecule has 186 valence electrons. The molecule has 0 bridgehead atoms. The lowest BCUT2D eigenvalue weighted by atomic mass is 10.2. The predicted molar refractivity (Wildman–Crippen MR) is 125 cm³/mol. The SMILES string of the molecule is O=C(O)CNCc1cccc(OCCOCCOCCOCCC(=O)OCc2ccccc2)c1. The highest BCUT2D eigenvalue weighted by atomic mass is 16.6. The van der Waals surface area contributed by atoms with E-state index < -0.39 is 5.97 Å². The average Bonchev–Trinajstić information content (AvgIpc) is 2.84. The minimum absolute atomic E-state index is 0.0864. The van der Waals surface area contributed by atoms with Crippen LogP contribution in [0.2, 0.25) is 0 Å². The van der Waals surface area contributed by atoms with E-state index in [0.29, 0.717) is 58.5 Å². The highest BCUT2D eigenvalue weighted by Gasteiger charge is 2.03. The van der Waals surface area contributed by atoms with E-state index in [1.807, 2.05) is 54.6 Å². The molecule has 2 aromatic rings. The van der Waals surface area contributed by atoms with Gasteiger partial charge in [-0.3, -0.25) is 9.59 Å². The third-order valence-corrected chi connectivity index (χ3v) is 4.44. The van der Waals surface area contributed by atoms with Gasteiger partial charge in [-0.1, -0.05) is 42.5 Å². The second-order valence-electron chi connectivity index (χ2n) is 7.23. The molecule has 0 aliphatic carbocycles. The molecule has 0 atom stereocenters. The van der Waals surface area contributed by atoms with Crippen LogP contribution in [0.5, 0.6) is 5.75 Å². The minimum Gasteiger partial charge on any atom is -0.491 e. The number of carboxylic acids is 1. The first-order valence-corrected chi connectivity index (χ1v) is 11.2. The van der Waals surface area contributed by atoms with Crippen LogP contribution in [0.25, 0.3) is 0 Å². The van der Waals surface area contributed by atoms with Crippen LogP contribution in [0.15, 0.2) is 54.6 Å². The lowest BCUT2D eigenvalue weighted by molar-refractivity contribution is -0.146. The van der Waals surface area contributed by atoms with Crippen molar-refractivity contribution < 1.29 is 38.4 Å². The van der Waals surface area contributed by atoms with E-state index in [-0.39, 0.29) is 25.5 Å². The molecule has 0 saturated heterocycles. The van der Waals surface area contributed by atoms with Crippen molar-refractivity contribution >= 4 is 11.9 Å². The summed E-state index contributed by atoms with van der Waals surface area (Å²) in [5.74, 6) is -0.477. The van der Waals surface area contributed by atoms with Crippen molar-refractivity contribution in [1.29, 1.82) is 0 Å². The molecule has 0 saturated carbocycles. The number of carbonyl (C=O) groups excluding carboxylic acids is 1. The summed E-state index contributed by atoms with van der Waals surface area (Å²) in [4.78, 5) is 22.2. The number of rotatable bonds is 19. The van der Waals surface area contributed by atoms with E-state index in [2.05, 4.69) is 5.32 Å². The lowest BCUT2D eigenvalue weighted by Gasteiger charge is -2.09. The van der Waals surface area contributed by atoms with Gasteiger partial charge in [-0.25, -0.2) is 0 Å². The van der Waals surface area contributed by atoms with Crippen molar-refractivity contribution in [2.24, 2.45) is 0 Å². The number of ether oxygens (including phenoxy) is 5. The summed E-state index contributed by atoms with van der Waals surface area (Å²) in [5, 5.41) is 11.5. The van der Waals surface area contributed by atoms with Crippen molar-refractivity contribution in [2.45, 2.75) is 19.6 Å². The van der Waals surface area contributed by atoms with Crippen molar-refractivity contribution in [3.05, 3.63) is 65.7 Å². The quantitative estimate of drug-likeness (QED) is 0.234. The standard InChI is InChI=1S/C25H33NO8/c27-24(28)19-26-18-22-7-4-8-23(17-22)33-16-15-32-14-13-31-12-11-30-10-9-25(29)34-20-21-5-2-1-3-6-21/h1-8,17,26H,9-16,18-20H2,(H,27,28). The van der Waals surface area contributed by atoms with Crippen molar-refractivity contribution in [2.75, 3.05) is 52.8 Å². The van der Waals surface area contributed by atoms with Crippen LogP contribution in [-0.2, 0) is 41.7 Å². The van der Waals surface area contributed by atoms with Gasteiger partial charge in [0.2, 0.25) is 0 Å². The summed E-state index contributed by atoms with van der Waals surface area (Å²) in [6.45, 7) is 3.45. The van der Waals surface area contributed by atoms with Gasteiger partial charge in [-0.15, -0.1) is 0 Å². The van der Waals surface area contributed by atoms with Gasteiger partial charge < -0.3 is 34.1 Å². The normalized spacial score (nSPS) is 10.7. The maximum atomic E-state index is 11.7. The van der Waals surface area contributed by atoms with E-state index in [4.69, 9.17) is 28.8 Å². The molecule has 0 heterocycles. The first-order valence-electron chi connectivity index (χ1n) is 11.2. The second-order valence-corrected chi connectivity index (χ2v) is 7.23. The number of nitrogens with one attached hydrogen (secondary N) is 1. The molecule has 9 nitrogen and oxygen atoms in total. The molecular formula is C25H33NO8. The van der Waals surface area contributed by atoms with E-state index in [1.165, 1.54) is 0 Å². The van der Waals surface area contributed by atoms with Gasteiger partial charge in [0.15, 0.2) is 0 Å². The highest BCUT2D eigenvalue weighted by Crippen LogP contribution is 2.13. The van der Waals surface area contributed by atoms with Gasteiger partial charge >= 0.3 is 11.9 Å².